The van der Waals surface area contributed by atoms with Crippen molar-refractivity contribution in [3.05, 3.63) is 29.3 Å². The lowest BCUT2D eigenvalue weighted by molar-refractivity contribution is -0.117. The van der Waals surface area contributed by atoms with Crippen molar-refractivity contribution in [2.75, 3.05) is 16.4 Å². The number of amides is 1. The van der Waals surface area contributed by atoms with Crippen molar-refractivity contribution in [1.82, 2.24) is 0 Å². The maximum atomic E-state index is 12.2. The number of rotatable bonds is 4. The Morgan fingerprint density at radius 1 is 1.32 bits per heavy atom. The summed E-state index contributed by atoms with van der Waals surface area (Å²) in [5, 5.41) is 0.599. The Kier molecular flexibility index (Phi) is 5.25. The Hall–Kier alpha value is -1.34. The van der Waals surface area contributed by atoms with Crippen molar-refractivity contribution < 1.29 is 13.2 Å². The van der Waals surface area contributed by atoms with Crippen LogP contribution in [0.2, 0.25) is 0 Å². The number of benzene rings is 1. The predicted molar refractivity (Wildman–Crippen MR) is 104 cm³/mol. The number of thioether (sulfide) groups is 1. The molecule has 0 aromatic heterocycles. The Labute approximate surface area is 153 Å². The zero-order valence-electron chi connectivity index (χ0n) is 14.9. The van der Waals surface area contributed by atoms with Gasteiger partial charge in [-0.1, -0.05) is 37.2 Å². The van der Waals surface area contributed by atoms with Gasteiger partial charge in [0.25, 0.3) is 0 Å². The molecule has 0 bridgehead atoms. The van der Waals surface area contributed by atoms with E-state index in [9.17, 15) is 13.2 Å². The van der Waals surface area contributed by atoms with Crippen LogP contribution in [0.15, 0.2) is 23.2 Å². The standard InChI is InChI=1S/C18H24N2O3S2/c1-4-5-6-17(21)19-18-20(14-9-12(2)7-8-13(14)3)15-10-25(22,23)11-16(15)24-18/h7-9,15-16H,4-6,10-11H2,1-3H3/t15-,16+/m1/s1. The fourth-order valence-electron chi connectivity index (χ4n) is 3.32. The first-order chi connectivity index (χ1) is 11.8. The van der Waals surface area contributed by atoms with E-state index in [4.69, 9.17) is 0 Å². The van der Waals surface area contributed by atoms with Crippen LogP contribution in [0.25, 0.3) is 0 Å². The lowest BCUT2D eigenvalue weighted by atomic mass is 10.1. The Balaban J connectivity index is 1.99. The van der Waals surface area contributed by atoms with Crippen LogP contribution in [0, 0.1) is 13.8 Å². The van der Waals surface area contributed by atoms with E-state index in [1.807, 2.05) is 37.8 Å². The van der Waals surface area contributed by atoms with Crippen molar-refractivity contribution in [3.63, 3.8) is 0 Å². The number of unbranched alkanes of at least 4 members (excludes halogenated alkanes) is 1. The summed E-state index contributed by atoms with van der Waals surface area (Å²) in [5.74, 6) is 0.161. The smallest absolute Gasteiger partial charge is 0.248 e. The molecule has 3 rings (SSSR count). The van der Waals surface area contributed by atoms with Crippen molar-refractivity contribution in [1.29, 1.82) is 0 Å². The second kappa shape index (κ2) is 7.11. The number of amidine groups is 1. The largest absolute Gasteiger partial charge is 0.315 e. The first-order valence-corrected chi connectivity index (χ1v) is 11.4. The molecule has 7 heteroatoms. The van der Waals surface area contributed by atoms with Crippen LogP contribution >= 0.6 is 11.8 Å². The maximum absolute atomic E-state index is 12.2. The summed E-state index contributed by atoms with van der Waals surface area (Å²) in [6, 6.07) is 5.97. The number of fused-ring (bicyclic) bond motifs is 1. The SMILES string of the molecule is CCCCC(=O)N=C1S[C@H]2CS(=O)(=O)C[C@H]2N1c1cc(C)ccc1C. The molecule has 1 aromatic rings. The molecule has 0 radical (unpaired) electrons. The highest BCUT2D eigenvalue weighted by atomic mass is 32.2. The number of aryl methyl sites for hydroxylation is 2. The summed E-state index contributed by atoms with van der Waals surface area (Å²) in [7, 11) is -3.04. The minimum absolute atomic E-state index is 0.0531. The van der Waals surface area contributed by atoms with Gasteiger partial charge < -0.3 is 4.90 Å². The molecule has 2 aliphatic rings. The van der Waals surface area contributed by atoms with Crippen molar-refractivity contribution >= 4 is 38.4 Å². The fraction of sp³-hybridized carbons (Fsp3) is 0.556. The van der Waals surface area contributed by atoms with Gasteiger partial charge in [-0.15, -0.1) is 0 Å². The molecule has 1 aromatic carbocycles. The van der Waals surface area contributed by atoms with Crippen molar-refractivity contribution in [3.8, 4) is 0 Å². The molecule has 5 nitrogen and oxygen atoms in total. The lowest BCUT2D eigenvalue weighted by Crippen LogP contribution is -2.38. The number of aliphatic imine (C=N–C) groups is 1. The second-order valence-electron chi connectivity index (χ2n) is 6.85. The minimum atomic E-state index is -3.04. The van der Waals surface area contributed by atoms with Crippen LogP contribution in [0.4, 0.5) is 5.69 Å². The lowest BCUT2D eigenvalue weighted by Gasteiger charge is -2.26. The summed E-state index contributed by atoms with van der Waals surface area (Å²) in [5.41, 5.74) is 3.12. The molecule has 136 valence electrons. The van der Waals surface area contributed by atoms with Crippen LogP contribution in [-0.4, -0.2) is 42.3 Å². The van der Waals surface area contributed by atoms with E-state index in [0.29, 0.717) is 11.6 Å². The number of anilines is 1. The third-order valence-electron chi connectivity index (χ3n) is 4.66. The van der Waals surface area contributed by atoms with Gasteiger partial charge in [-0.05, 0) is 37.5 Å². The molecule has 2 saturated heterocycles. The average molecular weight is 381 g/mol. The molecule has 2 fully saturated rings. The number of nitrogens with zero attached hydrogens (tertiary/aromatic N) is 2. The molecule has 2 aliphatic heterocycles. The number of hydrogen-bond donors (Lipinski definition) is 0. The molecular formula is C18H24N2O3S2. The van der Waals surface area contributed by atoms with E-state index in [1.165, 1.54) is 11.8 Å². The quantitative estimate of drug-likeness (QED) is 0.803. The van der Waals surface area contributed by atoms with Gasteiger partial charge in [0, 0.05) is 17.4 Å². The van der Waals surface area contributed by atoms with Crippen molar-refractivity contribution in [2.24, 2.45) is 4.99 Å². The predicted octanol–water partition coefficient (Wildman–Crippen LogP) is 3.10. The van der Waals surface area contributed by atoms with Gasteiger partial charge in [0.2, 0.25) is 5.91 Å². The van der Waals surface area contributed by atoms with Gasteiger partial charge in [0.1, 0.15) is 0 Å². The third-order valence-corrected chi connectivity index (χ3v) is 7.87. The normalized spacial score (nSPS) is 26.2. The highest BCUT2D eigenvalue weighted by molar-refractivity contribution is 8.16. The summed E-state index contributed by atoms with van der Waals surface area (Å²) in [6.07, 6.45) is 2.22. The van der Waals surface area contributed by atoms with Gasteiger partial charge in [0.15, 0.2) is 15.0 Å². The molecule has 0 saturated carbocycles. The minimum Gasteiger partial charge on any atom is -0.315 e. The van der Waals surface area contributed by atoms with Crippen LogP contribution in [-0.2, 0) is 14.6 Å². The highest BCUT2D eigenvalue weighted by Gasteiger charge is 2.49. The van der Waals surface area contributed by atoms with Gasteiger partial charge in [-0.25, -0.2) is 8.42 Å². The van der Waals surface area contributed by atoms with E-state index in [2.05, 4.69) is 11.1 Å². The molecule has 0 unspecified atom stereocenters. The summed E-state index contributed by atoms with van der Waals surface area (Å²) in [6.45, 7) is 6.06. The summed E-state index contributed by atoms with van der Waals surface area (Å²) >= 11 is 1.44. The summed E-state index contributed by atoms with van der Waals surface area (Å²) < 4.78 is 24.2. The van der Waals surface area contributed by atoms with Crippen LogP contribution in [0.3, 0.4) is 0 Å². The monoisotopic (exact) mass is 380 g/mol. The Morgan fingerprint density at radius 3 is 2.80 bits per heavy atom. The van der Waals surface area contributed by atoms with Crippen LogP contribution < -0.4 is 4.90 Å². The zero-order chi connectivity index (χ0) is 18.2. The van der Waals surface area contributed by atoms with Crippen molar-refractivity contribution in [2.45, 2.75) is 51.3 Å². The van der Waals surface area contributed by atoms with E-state index in [1.54, 1.807) is 0 Å². The van der Waals surface area contributed by atoms with E-state index in [-0.39, 0.29) is 28.7 Å². The highest BCUT2D eigenvalue weighted by Crippen LogP contribution is 2.42. The molecule has 0 N–H and O–H groups in total. The third kappa shape index (κ3) is 3.92. The fourth-order valence-corrected chi connectivity index (χ4v) is 7.24. The number of carbonyl (C=O) groups excluding carboxylic acids is 1. The Bertz CT molecular complexity index is 818. The molecule has 2 atom stereocenters. The maximum Gasteiger partial charge on any atom is 0.248 e. The van der Waals surface area contributed by atoms with Crippen LogP contribution in [0.1, 0.15) is 37.3 Å². The molecule has 0 aliphatic carbocycles. The average Bonchev–Trinajstić information content (AvgIpc) is 2.98. The topological polar surface area (TPSA) is 66.8 Å². The molecule has 1 amide bonds. The van der Waals surface area contributed by atoms with Crippen LogP contribution in [0.5, 0.6) is 0 Å². The molecular weight excluding hydrogens is 356 g/mol. The number of sulfone groups is 1. The van der Waals surface area contributed by atoms with Gasteiger partial charge in [-0.3, -0.25) is 4.79 Å². The first-order valence-electron chi connectivity index (χ1n) is 8.66. The number of hydrogen-bond acceptors (Lipinski definition) is 4. The molecule has 0 spiro atoms. The first kappa shape index (κ1) is 18.5. The number of carbonyl (C=O) groups is 1. The van der Waals surface area contributed by atoms with E-state index in [0.717, 1.165) is 29.7 Å². The molecule has 2 heterocycles. The van der Waals surface area contributed by atoms with Gasteiger partial charge in [0.05, 0.1) is 17.5 Å². The van der Waals surface area contributed by atoms with Gasteiger partial charge in [-0.2, -0.15) is 4.99 Å². The Morgan fingerprint density at radius 2 is 2.08 bits per heavy atom. The van der Waals surface area contributed by atoms with Gasteiger partial charge >= 0.3 is 0 Å². The summed E-state index contributed by atoms with van der Waals surface area (Å²) in [4.78, 5) is 18.5. The van der Waals surface area contributed by atoms with E-state index >= 15 is 0 Å². The zero-order valence-corrected chi connectivity index (χ0v) is 16.5. The second-order valence-corrected chi connectivity index (χ2v) is 10.2. The molecule has 25 heavy (non-hydrogen) atoms. The van der Waals surface area contributed by atoms with E-state index < -0.39 is 9.84 Å².